The molecule has 0 N–H and O–H groups in total. The SMILES string of the molecule is CC1(C)c2ccccc2-c2ccc(-c3c4oc5cccc(N(c6ccccc6)c6ccccc6)c5c4cc4oc5ccccc5c34)cc21. The van der Waals surface area contributed by atoms with Gasteiger partial charge in [0.25, 0.3) is 0 Å². The van der Waals surface area contributed by atoms with Crippen LogP contribution in [-0.4, -0.2) is 0 Å². The zero-order valence-electron chi connectivity index (χ0n) is 26.7. The second kappa shape index (κ2) is 9.97. The van der Waals surface area contributed by atoms with E-state index in [9.17, 15) is 0 Å². The fraction of sp³-hybridized carbons (Fsp3) is 0.0667. The first-order chi connectivity index (χ1) is 23.6. The molecule has 1 aliphatic rings. The van der Waals surface area contributed by atoms with Crippen LogP contribution in [0.1, 0.15) is 25.0 Å². The lowest BCUT2D eigenvalue weighted by molar-refractivity contribution is 0.660. The van der Waals surface area contributed by atoms with Gasteiger partial charge in [-0.05, 0) is 82.4 Å². The van der Waals surface area contributed by atoms with E-state index in [1.807, 2.05) is 6.07 Å². The van der Waals surface area contributed by atoms with Gasteiger partial charge >= 0.3 is 0 Å². The topological polar surface area (TPSA) is 29.5 Å². The van der Waals surface area contributed by atoms with Gasteiger partial charge in [-0.2, -0.15) is 0 Å². The summed E-state index contributed by atoms with van der Waals surface area (Å²) in [6.07, 6.45) is 0. The molecule has 0 bridgehead atoms. The smallest absolute Gasteiger partial charge is 0.144 e. The van der Waals surface area contributed by atoms with Gasteiger partial charge in [0, 0.05) is 38.5 Å². The van der Waals surface area contributed by atoms with E-state index in [1.54, 1.807) is 0 Å². The first kappa shape index (κ1) is 27.1. The number of para-hydroxylation sites is 3. The van der Waals surface area contributed by atoms with Crippen molar-refractivity contribution in [1.82, 2.24) is 0 Å². The molecule has 0 saturated heterocycles. The Morgan fingerprint density at radius 3 is 1.94 bits per heavy atom. The minimum Gasteiger partial charge on any atom is -0.456 e. The highest BCUT2D eigenvalue weighted by Gasteiger charge is 2.36. The molecule has 3 nitrogen and oxygen atoms in total. The molecule has 2 aromatic heterocycles. The van der Waals surface area contributed by atoms with Crippen LogP contribution < -0.4 is 4.90 Å². The van der Waals surface area contributed by atoms with Crippen molar-refractivity contribution in [2.45, 2.75) is 19.3 Å². The summed E-state index contributed by atoms with van der Waals surface area (Å²) in [7, 11) is 0. The van der Waals surface area contributed by atoms with E-state index in [-0.39, 0.29) is 5.41 Å². The first-order valence-electron chi connectivity index (χ1n) is 16.5. The highest BCUT2D eigenvalue weighted by molar-refractivity contribution is 6.25. The summed E-state index contributed by atoms with van der Waals surface area (Å²) in [5, 5.41) is 4.25. The number of benzene rings is 7. The summed E-state index contributed by atoms with van der Waals surface area (Å²) < 4.78 is 13.6. The second-order valence-electron chi connectivity index (χ2n) is 13.3. The monoisotopic (exact) mass is 617 g/mol. The molecule has 0 spiro atoms. The first-order valence-corrected chi connectivity index (χ1v) is 16.5. The van der Waals surface area contributed by atoms with Gasteiger partial charge in [-0.3, -0.25) is 0 Å². The average molecular weight is 618 g/mol. The van der Waals surface area contributed by atoms with Gasteiger partial charge < -0.3 is 13.7 Å². The van der Waals surface area contributed by atoms with E-state index in [1.165, 1.54) is 22.3 Å². The van der Waals surface area contributed by atoms with E-state index in [2.05, 4.69) is 164 Å². The van der Waals surface area contributed by atoms with Crippen molar-refractivity contribution in [1.29, 1.82) is 0 Å². The summed E-state index contributed by atoms with van der Waals surface area (Å²) >= 11 is 0. The molecule has 0 aliphatic heterocycles. The standard InChI is InChI=1S/C45H31NO2/c1-45(2)35-20-11-9-18-31(35)32-25-24-28(26-36(32)45)41-43-33-19-10-12-22-38(33)47-40(43)27-34-42-37(21-13-23-39(42)48-44(34)41)46(29-14-5-3-6-15-29)30-16-7-4-8-17-30/h3-27H,1-2H3. The molecule has 0 unspecified atom stereocenters. The van der Waals surface area contributed by atoms with Crippen LogP contribution in [-0.2, 0) is 5.41 Å². The molecule has 0 fully saturated rings. The predicted molar refractivity (Wildman–Crippen MR) is 199 cm³/mol. The van der Waals surface area contributed by atoms with Crippen molar-refractivity contribution in [3.63, 3.8) is 0 Å². The summed E-state index contributed by atoms with van der Waals surface area (Å²) in [6, 6.07) is 53.7. The van der Waals surface area contributed by atoms with Crippen LogP contribution in [0.5, 0.6) is 0 Å². The molecular weight excluding hydrogens is 587 g/mol. The minimum atomic E-state index is -0.125. The third-order valence-corrected chi connectivity index (χ3v) is 10.2. The molecule has 3 heteroatoms. The van der Waals surface area contributed by atoms with Crippen LogP contribution in [0.15, 0.2) is 160 Å². The van der Waals surface area contributed by atoms with Crippen molar-refractivity contribution in [2.75, 3.05) is 4.90 Å². The number of hydrogen-bond acceptors (Lipinski definition) is 3. The molecule has 0 radical (unpaired) electrons. The van der Waals surface area contributed by atoms with E-state index in [0.717, 1.165) is 72.1 Å². The van der Waals surface area contributed by atoms with Crippen LogP contribution in [0.4, 0.5) is 17.1 Å². The summed E-state index contributed by atoms with van der Waals surface area (Å²) in [6.45, 7) is 4.67. The quantitative estimate of drug-likeness (QED) is 0.197. The maximum Gasteiger partial charge on any atom is 0.144 e. The van der Waals surface area contributed by atoms with E-state index in [0.29, 0.717) is 0 Å². The second-order valence-corrected chi connectivity index (χ2v) is 13.3. The van der Waals surface area contributed by atoms with Crippen molar-refractivity contribution < 1.29 is 8.83 Å². The largest absolute Gasteiger partial charge is 0.456 e. The predicted octanol–water partition coefficient (Wildman–Crippen LogP) is 12.9. The van der Waals surface area contributed by atoms with Gasteiger partial charge in [0.2, 0.25) is 0 Å². The Balaban J connectivity index is 1.31. The molecule has 1 aliphatic carbocycles. The van der Waals surface area contributed by atoms with Gasteiger partial charge in [-0.1, -0.05) is 111 Å². The summed E-state index contributed by atoms with van der Waals surface area (Å²) in [5.41, 5.74) is 14.0. The van der Waals surface area contributed by atoms with Gasteiger partial charge in [0.1, 0.15) is 22.3 Å². The third kappa shape index (κ3) is 3.76. The summed E-state index contributed by atoms with van der Waals surface area (Å²) in [5.74, 6) is 0. The zero-order chi connectivity index (χ0) is 32.0. The number of anilines is 3. The molecule has 9 aromatic rings. The number of hydrogen-bond donors (Lipinski definition) is 0. The molecule has 48 heavy (non-hydrogen) atoms. The molecule has 0 saturated carbocycles. The highest BCUT2D eigenvalue weighted by atomic mass is 16.3. The van der Waals surface area contributed by atoms with Crippen molar-refractivity contribution in [3.05, 3.63) is 163 Å². The Morgan fingerprint density at radius 1 is 0.479 bits per heavy atom. The molecular formula is C45H31NO2. The molecule has 228 valence electrons. The maximum atomic E-state index is 6.99. The maximum absolute atomic E-state index is 6.99. The van der Waals surface area contributed by atoms with Crippen LogP contribution in [0, 0.1) is 0 Å². The number of rotatable bonds is 4. The molecule has 2 heterocycles. The average Bonchev–Trinajstić information content (AvgIpc) is 3.76. The molecule has 0 amide bonds. The fourth-order valence-electron chi connectivity index (χ4n) is 8.05. The number of nitrogens with zero attached hydrogens (tertiary/aromatic N) is 1. The Kier molecular flexibility index (Phi) is 5.63. The molecule has 7 aromatic carbocycles. The van der Waals surface area contributed by atoms with Crippen LogP contribution in [0.25, 0.3) is 66.1 Å². The summed E-state index contributed by atoms with van der Waals surface area (Å²) in [4.78, 5) is 2.31. The Labute approximate surface area is 278 Å². The van der Waals surface area contributed by atoms with E-state index < -0.39 is 0 Å². The van der Waals surface area contributed by atoms with Crippen molar-refractivity contribution in [3.8, 4) is 22.3 Å². The van der Waals surface area contributed by atoms with Gasteiger partial charge in [0.15, 0.2) is 0 Å². The normalized spacial score (nSPS) is 13.4. The Morgan fingerprint density at radius 2 is 1.15 bits per heavy atom. The van der Waals surface area contributed by atoms with E-state index in [4.69, 9.17) is 8.83 Å². The third-order valence-electron chi connectivity index (χ3n) is 10.2. The minimum absolute atomic E-state index is 0.125. The van der Waals surface area contributed by atoms with Crippen LogP contribution in [0.2, 0.25) is 0 Å². The Hall–Kier alpha value is -6.06. The Bertz CT molecular complexity index is 2660. The number of furan rings is 2. The number of fused-ring (bicyclic) bond motifs is 9. The van der Waals surface area contributed by atoms with Gasteiger partial charge in [-0.15, -0.1) is 0 Å². The van der Waals surface area contributed by atoms with Gasteiger partial charge in [-0.25, -0.2) is 0 Å². The lowest BCUT2D eigenvalue weighted by Gasteiger charge is -2.26. The van der Waals surface area contributed by atoms with Gasteiger partial charge in [0.05, 0.1) is 11.1 Å². The van der Waals surface area contributed by atoms with Crippen LogP contribution >= 0.6 is 0 Å². The van der Waals surface area contributed by atoms with Crippen molar-refractivity contribution >= 4 is 60.9 Å². The van der Waals surface area contributed by atoms with Crippen LogP contribution in [0.3, 0.4) is 0 Å². The van der Waals surface area contributed by atoms with E-state index >= 15 is 0 Å². The highest BCUT2D eigenvalue weighted by Crippen LogP contribution is 2.52. The molecule has 10 rings (SSSR count). The molecule has 0 atom stereocenters. The van der Waals surface area contributed by atoms with Crippen molar-refractivity contribution in [2.24, 2.45) is 0 Å². The lowest BCUT2D eigenvalue weighted by Crippen LogP contribution is -2.14. The lowest BCUT2D eigenvalue weighted by atomic mass is 9.81. The zero-order valence-corrected chi connectivity index (χ0v) is 26.7. The fourth-order valence-corrected chi connectivity index (χ4v) is 8.05.